The van der Waals surface area contributed by atoms with Crippen molar-refractivity contribution in [1.29, 1.82) is 0 Å². The SMILES string of the molecule is CC/C=C/C/C=C/C/C=C/C/C=C/CCCCCCCCC(=O)OC(COCCC(C(=O)[O-])[N+](C)(C)C)COC(=O)CCCCCCCCCCCCCCC. The van der Waals surface area contributed by atoms with Gasteiger partial charge in [-0.05, 0) is 51.4 Å². The highest BCUT2D eigenvalue weighted by Crippen LogP contribution is 2.15. The number of hydrogen-bond acceptors (Lipinski definition) is 7. The van der Waals surface area contributed by atoms with Gasteiger partial charge in [-0.1, -0.05) is 165 Å². The van der Waals surface area contributed by atoms with Crippen molar-refractivity contribution in [2.45, 2.75) is 199 Å². The van der Waals surface area contributed by atoms with Crippen LogP contribution in [0, 0.1) is 0 Å². The highest BCUT2D eigenvalue weighted by molar-refractivity contribution is 5.70. The smallest absolute Gasteiger partial charge is 0.306 e. The standard InChI is InChI=1S/C48H85NO7/c1-6-8-10-12-14-16-18-20-21-22-23-24-25-27-29-31-33-35-37-39-47(51)56-44(42-54-41-40-45(48(52)53)49(3,4)5)43-55-46(50)38-36-34-32-30-28-26-19-17-15-13-11-9-7-2/h8,10,14,16,20-21,23-24,44-45H,6-7,9,11-13,15,17-19,22,25-43H2,1-5H3/b10-8+,16-14+,21-20+,24-23+. The van der Waals surface area contributed by atoms with Gasteiger partial charge in [0.25, 0.3) is 0 Å². The molecule has 0 N–H and O–H groups in total. The van der Waals surface area contributed by atoms with E-state index in [0.717, 1.165) is 77.0 Å². The number of allylic oxidation sites excluding steroid dienone is 8. The van der Waals surface area contributed by atoms with E-state index in [1.165, 1.54) is 77.0 Å². The molecule has 0 radical (unpaired) electrons. The molecule has 0 rings (SSSR count). The molecule has 0 aliphatic heterocycles. The van der Waals surface area contributed by atoms with Gasteiger partial charge >= 0.3 is 11.9 Å². The first-order chi connectivity index (χ1) is 27.1. The topological polar surface area (TPSA) is 102 Å². The molecule has 0 saturated carbocycles. The van der Waals surface area contributed by atoms with E-state index in [4.69, 9.17) is 14.2 Å². The summed E-state index contributed by atoms with van der Waals surface area (Å²) in [5.41, 5.74) is 0. The van der Waals surface area contributed by atoms with E-state index in [2.05, 4.69) is 62.5 Å². The van der Waals surface area contributed by atoms with Gasteiger partial charge in [-0.25, -0.2) is 0 Å². The maximum atomic E-state index is 12.7. The molecule has 0 aliphatic carbocycles. The van der Waals surface area contributed by atoms with Gasteiger partial charge in [0.05, 0.1) is 40.3 Å². The molecular weight excluding hydrogens is 703 g/mol. The molecule has 0 aromatic carbocycles. The summed E-state index contributed by atoms with van der Waals surface area (Å²) in [5, 5.41) is 11.6. The average Bonchev–Trinajstić information content (AvgIpc) is 3.15. The van der Waals surface area contributed by atoms with E-state index in [0.29, 0.717) is 12.8 Å². The number of nitrogens with zero attached hydrogens (tertiary/aromatic N) is 1. The van der Waals surface area contributed by atoms with E-state index in [1.54, 1.807) is 21.1 Å². The fourth-order valence-corrected chi connectivity index (χ4v) is 6.47. The number of aliphatic carboxylic acids is 1. The van der Waals surface area contributed by atoms with Crippen LogP contribution in [0.1, 0.15) is 187 Å². The number of carboxylic acid groups (broad SMARTS) is 1. The Kier molecular flexibility index (Phi) is 37.2. The maximum absolute atomic E-state index is 12.7. The molecule has 0 amide bonds. The zero-order chi connectivity index (χ0) is 41.4. The van der Waals surface area contributed by atoms with Crippen LogP contribution in [-0.2, 0) is 28.6 Å². The third kappa shape index (κ3) is 36.9. The van der Waals surface area contributed by atoms with Crippen LogP contribution >= 0.6 is 0 Å². The normalized spacial score (nSPS) is 13.4. The summed E-state index contributed by atoms with van der Waals surface area (Å²) < 4.78 is 17.2. The Balaban J connectivity index is 4.34. The van der Waals surface area contributed by atoms with Gasteiger partial charge in [0.1, 0.15) is 12.6 Å². The number of esters is 2. The molecule has 0 fully saturated rings. The van der Waals surface area contributed by atoms with Gasteiger partial charge in [0.15, 0.2) is 6.10 Å². The first-order valence-electron chi connectivity index (χ1n) is 22.7. The lowest BCUT2D eigenvalue weighted by atomic mass is 10.0. The van der Waals surface area contributed by atoms with Crippen molar-refractivity contribution in [3.63, 3.8) is 0 Å². The summed E-state index contributed by atoms with van der Waals surface area (Å²) in [4.78, 5) is 36.9. The molecule has 324 valence electrons. The number of unbranched alkanes of at least 4 members (excludes halogenated alkanes) is 18. The Morgan fingerprint density at radius 3 is 1.48 bits per heavy atom. The Hall–Kier alpha value is -2.71. The summed E-state index contributed by atoms with van der Waals surface area (Å²) in [6.07, 6.45) is 45.6. The van der Waals surface area contributed by atoms with Gasteiger partial charge in [0, 0.05) is 19.3 Å². The van der Waals surface area contributed by atoms with Crippen LogP contribution in [-0.4, -0.2) is 75.5 Å². The maximum Gasteiger partial charge on any atom is 0.306 e. The molecule has 8 heteroatoms. The van der Waals surface area contributed by atoms with Crippen molar-refractivity contribution >= 4 is 17.9 Å². The number of rotatable bonds is 40. The van der Waals surface area contributed by atoms with E-state index in [-0.39, 0.29) is 42.7 Å². The van der Waals surface area contributed by atoms with Crippen LogP contribution in [0.15, 0.2) is 48.6 Å². The van der Waals surface area contributed by atoms with Crippen molar-refractivity contribution in [3.05, 3.63) is 48.6 Å². The van der Waals surface area contributed by atoms with Gasteiger partial charge in [-0.3, -0.25) is 9.59 Å². The lowest BCUT2D eigenvalue weighted by Gasteiger charge is -2.34. The van der Waals surface area contributed by atoms with Crippen LogP contribution in [0.2, 0.25) is 0 Å². The average molecular weight is 788 g/mol. The van der Waals surface area contributed by atoms with Crippen LogP contribution in [0.5, 0.6) is 0 Å². The quantitative estimate of drug-likeness (QED) is 0.0264. The molecule has 0 aliphatic rings. The monoisotopic (exact) mass is 788 g/mol. The second-order valence-corrected chi connectivity index (χ2v) is 16.3. The minimum absolute atomic E-state index is 0.0357. The van der Waals surface area contributed by atoms with Crippen LogP contribution in [0.4, 0.5) is 0 Å². The fraction of sp³-hybridized carbons (Fsp3) is 0.771. The molecule has 0 spiro atoms. The second-order valence-electron chi connectivity index (χ2n) is 16.3. The molecule has 8 nitrogen and oxygen atoms in total. The number of likely N-dealkylation sites (N-methyl/N-ethyl adjacent to an activating group) is 1. The van der Waals surface area contributed by atoms with Crippen LogP contribution < -0.4 is 5.11 Å². The van der Waals surface area contributed by atoms with Gasteiger partial charge < -0.3 is 28.6 Å². The van der Waals surface area contributed by atoms with Crippen molar-refractivity contribution in [1.82, 2.24) is 0 Å². The zero-order valence-electron chi connectivity index (χ0n) is 36.8. The highest BCUT2D eigenvalue weighted by atomic mass is 16.6. The van der Waals surface area contributed by atoms with Gasteiger partial charge in [0.2, 0.25) is 0 Å². The molecule has 0 heterocycles. The molecule has 0 saturated heterocycles. The number of hydrogen-bond donors (Lipinski definition) is 0. The summed E-state index contributed by atoms with van der Waals surface area (Å²) >= 11 is 0. The largest absolute Gasteiger partial charge is 0.544 e. The number of carbonyl (C=O) groups is 3. The van der Waals surface area contributed by atoms with Gasteiger partial charge in [-0.15, -0.1) is 0 Å². The minimum atomic E-state index is -1.13. The van der Waals surface area contributed by atoms with Crippen LogP contribution in [0.3, 0.4) is 0 Å². The number of carbonyl (C=O) groups excluding carboxylic acids is 3. The van der Waals surface area contributed by atoms with Crippen LogP contribution in [0.25, 0.3) is 0 Å². The predicted molar refractivity (Wildman–Crippen MR) is 231 cm³/mol. The number of ether oxygens (including phenoxy) is 3. The Morgan fingerprint density at radius 2 is 1.00 bits per heavy atom. The Morgan fingerprint density at radius 1 is 0.554 bits per heavy atom. The van der Waals surface area contributed by atoms with E-state index >= 15 is 0 Å². The lowest BCUT2D eigenvalue weighted by molar-refractivity contribution is -0.889. The molecule has 56 heavy (non-hydrogen) atoms. The zero-order valence-corrected chi connectivity index (χ0v) is 36.8. The molecule has 0 aromatic heterocycles. The Bertz CT molecular complexity index is 1060. The molecule has 2 unspecified atom stereocenters. The highest BCUT2D eigenvalue weighted by Gasteiger charge is 2.25. The summed E-state index contributed by atoms with van der Waals surface area (Å²) in [5.74, 6) is -1.75. The summed E-state index contributed by atoms with van der Waals surface area (Å²) in [7, 11) is 5.40. The molecular formula is C48H85NO7. The lowest BCUT2D eigenvalue weighted by Crippen LogP contribution is -2.55. The fourth-order valence-electron chi connectivity index (χ4n) is 6.47. The van der Waals surface area contributed by atoms with Crippen molar-refractivity contribution in [3.8, 4) is 0 Å². The third-order valence-corrected chi connectivity index (χ3v) is 9.98. The van der Waals surface area contributed by atoms with E-state index in [1.807, 2.05) is 0 Å². The Labute approximate surface area is 344 Å². The van der Waals surface area contributed by atoms with Crippen molar-refractivity contribution < 1.29 is 38.2 Å². The van der Waals surface area contributed by atoms with E-state index in [9.17, 15) is 19.5 Å². The first kappa shape index (κ1) is 53.3. The number of quaternary nitrogens is 1. The molecule has 0 aromatic rings. The first-order valence-corrected chi connectivity index (χ1v) is 22.7. The van der Waals surface area contributed by atoms with E-state index < -0.39 is 18.1 Å². The molecule has 2 atom stereocenters. The van der Waals surface area contributed by atoms with Crippen molar-refractivity contribution in [2.24, 2.45) is 0 Å². The predicted octanol–water partition coefficient (Wildman–Crippen LogP) is 11.1. The number of carboxylic acids is 1. The summed E-state index contributed by atoms with van der Waals surface area (Å²) in [6.45, 7) is 4.54. The minimum Gasteiger partial charge on any atom is -0.544 e. The van der Waals surface area contributed by atoms with Gasteiger partial charge in [-0.2, -0.15) is 0 Å². The van der Waals surface area contributed by atoms with Crippen molar-refractivity contribution in [2.75, 3.05) is 41.0 Å². The molecule has 0 bridgehead atoms. The third-order valence-electron chi connectivity index (χ3n) is 9.98. The summed E-state index contributed by atoms with van der Waals surface area (Å²) in [6, 6.07) is -0.728. The second kappa shape index (κ2) is 39.1.